The SMILES string of the molecule is CCCCN1C(=O)[C@H]2[C@@H](C1=O)[C@@]1([NH2+][C@@H]2CCC(N)=O)C(=O)Nc2c(CC)cccc21. The molecular weight excluding hydrogens is 384 g/mol. The Balaban J connectivity index is 1.82. The third-order valence-corrected chi connectivity index (χ3v) is 6.92. The molecule has 0 aromatic heterocycles. The van der Waals surface area contributed by atoms with Crippen LogP contribution in [-0.2, 0) is 31.1 Å². The van der Waals surface area contributed by atoms with Crippen LogP contribution in [0, 0.1) is 11.8 Å². The van der Waals surface area contributed by atoms with Crippen molar-refractivity contribution in [3.8, 4) is 0 Å². The Bertz CT molecular complexity index is 930. The van der Waals surface area contributed by atoms with E-state index < -0.39 is 23.3 Å². The summed E-state index contributed by atoms with van der Waals surface area (Å²) in [5, 5.41) is 4.86. The molecule has 2 saturated heterocycles. The predicted octanol–water partition coefficient (Wildman–Crippen LogP) is 0.00880. The number of primary amides is 1. The van der Waals surface area contributed by atoms with Gasteiger partial charge in [-0.15, -0.1) is 0 Å². The minimum absolute atomic E-state index is 0.111. The number of benzene rings is 1. The molecule has 1 aromatic rings. The molecule has 4 rings (SSSR count). The molecule has 0 saturated carbocycles. The van der Waals surface area contributed by atoms with Crippen molar-refractivity contribution >= 4 is 29.3 Å². The van der Waals surface area contributed by atoms with Crippen molar-refractivity contribution in [3.63, 3.8) is 0 Å². The number of imide groups is 1. The van der Waals surface area contributed by atoms with Gasteiger partial charge in [0, 0.05) is 24.9 Å². The normalized spacial score (nSPS) is 29.5. The smallest absolute Gasteiger partial charge is 0.291 e. The highest BCUT2D eigenvalue weighted by Crippen LogP contribution is 2.50. The van der Waals surface area contributed by atoms with Crippen LogP contribution in [0.3, 0.4) is 0 Å². The number of hydrogen-bond donors (Lipinski definition) is 3. The van der Waals surface area contributed by atoms with Crippen LogP contribution in [0.25, 0.3) is 0 Å². The van der Waals surface area contributed by atoms with Crippen molar-refractivity contribution in [2.45, 2.75) is 57.5 Å². The summed E-state index contributed by atoms with van der Waals surface area (Å²) in [7, 11) is 0. The highest BCUT2D eigenvalue weighted by molar-refractivity contribution is 6.14. The van der Waals surface area contributed by atoms with E-state index in [0.717, 1.165) is 36.1 Å². The second-order valence-electron chi connectivity index (χ2n) is 8.54. The largest absolute Gasteiger partial charge is 0.370 e. The quantitative estimate of drug-likeness (QED) is 0.544. The predicted molar refractivity (Wildman–Crippen MR) is 109 cm³/mol. The van der Waals surface area contributed by atoms with Crippen molar-refractivity contribution in [1.82, 2.24) is 4.90 Å². The van der Waals surface area contributed by atoms with E-state index >= 15 is 0 Å². The minimum atomic E-state index is -1.18. The molecule has 8 heteroatoms. The number of nitrogens with two attached hydrogens (primary N) is 2. The number of anilines is 1. The lowest BCUT2D eigenvalue weighted by Crippen LogP contribution is -2.99. The minimum Gasteiger partial charge on any atom is -0.370 e. The van der Waals surface area contributed by atoms with Crippen molar-refractivity contribution in [3.05, 3.63) is 29.3 Å². The summed E-state index contributed by atoms with van der Waals surface area (Å²) in [6, 6.07) is 5.38. The third-order valence-electron chi connectivity index (χ3n) is 6.92. The maximum absolute atomic E-state index is 13.5. The maximum atomic E-state index is 13.5. The van der Waals surface area contributed by atoms with E-state index in [4.69, 9.17) is 5.73 Å². The van der Waals surface area contributed by atoms with E-state index in [-0.39, 0.29) is 30.2 Å². The zero-order chi connectivity index (χ0) is 21.6. The lowest BCUT2D eigenvalue weighted by atomic mass is 9.76. The highest BCUT2D eigenvalue weighted by atomic mass is 16.2. The van der Waals surface area contributed by atoms with Crippen LogP contribution in [0.5, 0.6) is 0 Å². The fourth-order valence-electron chi connectivity index (χ4n) is 5.51. The number of carbonyl (C=O) groups excluding carboxylic acids is 4. The fourth-order valence-corrected chi connectivity index (χ4v) is 5.51. The molecule has 4 amide bonds. The third kappa shape index (κ3) is 2.77. The number of para-hydroxylation sites is 1. The van der Waals surface area contributed by atoms with Gasteiger partial charge in [-0.1, -0.05) is 38.5 Å². The van der Waals surface area contributed by atoms with E-state index in [2.05, 4.69) is 5.32 Å². The van der Waals surface area contributed by atoms with Crippen LogP contribution in [0.2, 0.25) is 0 Å². The molecule has 3 aliphatic rings. The van der Waals surface area contributed by atoms with Gasteiger partial charge in [0.25, 0.3) is 5.91 Å². The number of rotatable bonds is 7. The molecule has 1 spiro atoms. The first-order chi connectivity index (χ1) is 14.4. The Morgan fingerprint density at radius 3 is 2.67 bits per heavy atom. The fraction of sp³-hybridized carbons (Fsp3) is 0.545. The van der Waals surface area contributed by atoms with Gasteiger partial charge in [-0.2, -0.15) is 0 Å². The molecule has 0 aliphatic carbocycles. The number of quaternary nitrogens is 1. The van der Waals surface area contributed by atoms with Gasteiger partial charge in [0.05, 0.1) is 5.69 Å². The number of fused-ring (bicyclic) bond motifs is 4. The van der Waals surface area contributed by atoms with Gasteiger partial charge >= 0.3 is 0 Å². The van der Waals surface area contributed by atoms with Gasteiger partial charge in [0.15, 0.2) is 0 Å². The zero-order valence-electron chi connectivity index (χ0n) is 17.4. The highest BCUT2D eigenvalue weighted by Gasteiger charge is 2.74. The summed E-state index contributed by atoms with van der Waals surface area (Å²) in [6.45, 7) is 4.38. The molecule has 0 bridgehead atoms. The molecule has 0 unspecified atom stereocenters. The van der Waals surface area contributed by atoms with Crippen molar-refractivity contribution < 1.29 is 24.5 Å². The molecule has 30 heavy (non-hydrogen) atoms. The molecule has 3 heterocycles. The van der Waals surface area contributed by atoms with Crippen LogP contribution < -0.4 is 16.4 Å². The van der Waals surface area contributed by atoms with Gasteiger partial charge < -0.3 is 16.4 Å². The van der Waals surface area contributed by atoms with Crippen LogP contribution in [0.15, 0.2) is 18.2 Å². The summed E-state index contributed by atoms with van der Waals surface area (Å²) in [5.41, 5.74) is 6.70. The maximum Gasteiger partial charge on any atom is 0.291 e. The van der Waals surface area contributed by atoms with Gasteiger partial charge in [0.2, 0.25) is 23.3 Å². The van der Waals surface area contributed by atoms with E-state index in [1.165, 1.54) is 4.90 Å². The lowest BCUT2D eigenvalue weighted by molar-refractivity contribution is -0.734. The number of amides is 4. The topological polar surface area (TPSA) is 126 Å². The average Bonchev–Trinajstić information content (AvgIpc) is 3.30. The van der Waals surface area contributed by atoms with Gasteiger partial charge in [-0.05, 0) is 18.4 Å². The molecule has 1 aromatic carbocycles. The Morgan fingerprint density at radius 1 is 1.23 bits per heavy atom. The monoisotopic (exact) mass is 413 g/mol. The van der Waals surface area contributed by atoms with Crippen LogP contribution >= 0.6 is 0 Å². The molecule has 5 N–H and O–H groups in total. The van der Waals surface area contributed by atoms with E-state index in [1.807, 2.05) is 37.4 Å². The molecule has 4 atom stereocenters. The summed E-state index contributed by atoms with van der Waals surface area (Å²) in [6.07, 6.45) is 2.80. The summed E-state index contributed by atoms with van der Waals surface area (Å²) in [5.74, 6) is -2.61. The molecular formula is C22H29N4O4+. The number of carbonyl (C=O) groups is 4. The zero-order valence-corrected chi connectivity index (χ0v) is 17.4. The van der Waals surface area contributed by atoms with E-state index in [0.29, 0.717) is 13.0 Å². The number of aryl methyl sites for hydroxylation is 1. The second kappa shape index (κ2) is 7.50. The number of nitrogens with one attached hydrogen (secondary N) is 1. The Kier molecular flexibility index (Phi) is 5.13. The van der Waals surface area contributed by atoms with Crippen molar-refractivity contribution in [1.29, 1.82) is 0 Å². The summed E-state index contributed by atoms with van der Waals surface area (Å²) in [4.78, 5) is 52.9. The number of hydrogen-bond acceptors (Lipinski definition) is 4. The Morgan fingerprint density at radius 2 is 2.00 bits per heavy atom. The van der Waals surface area contributed by atoms with Gasteiger partial charge in [-0.25, -0.2) is 0 Å². The second-order valence-corrected chi connectivity index (χ2v) is 8.54. The van der Waals surface area contributed by atoms with Crippen LogP contribution in [0.4, 0.5) is 5.69 Å². The van der Waals surface area contributed by atoms with Crippen molar-refractivity contribution in [2.75, 3.05) is 11.9 Å². The summed E-state index contributed by atoms with van der Waals surface area (Å²) < 4.78 is 0. The molecule has 2 fully saturated rings. The first-order valence-electron chi connectivity index (χ1n) is 10.8. The lowest BCUT2D eigenvalue weighted by Gasteiger charge is -2.26. The Hall–Kier alpha value is -2.74. The molecule has 160 valence electrons. The number of likely N-dealkylation sites (tertiary alicyclic amines) is 1. The molecule has 8 nitrogen and oxygen atoms in total. The first-order valence-corrected chi connectivity index (χ1v) is 10.8. The van der Waals surface area contributed by atoms with Crippen molar-refractivity contribution in [2.24, 2.45) is 17.6 Å². The first kappa shape index (κ1) is 20.5. The number of unbranched alkanes of at least 4 members (excludes halogenated alkanes) is 1. The van der Waals surface area contributed by atoms with Crippen LogP contribution in [0.1, 0.15) is 50.7 Å². The van der Waals surface area contributed by atoms with E-state index in [1.54, 1.807) is 0 Å². The van der Waals surface area contributed by atoms with Crippen LogP contribution in [-0.4, -0.2) is 41.1 Å². The van der Waals surface area contributed by atoms with Gasteiger partial charge in [0.1, 0.15) is 17.9 Å². The van der Waals surface area contributed by atoms with E-state index in [9.17, 15) is 19.2 Å². The Labute approximate surface area is 175 Å². The van der Waals surface area contributed by atoms with Gasteiger partial charge in [-0.3, -0.25) is 24.1 Å². The summed E-state index contributed by atoms with van der Waals surface area (Å²) >= 11 is 0. The standard InChI is InChI=1S/C22H28N4O4/c1-3-5-11-26-19(28)16-14(9-10-15(23)27)25-22(17(16)20(26)29)13-8-6-7-12(4-2)18(13)24-21(22)30/h6-8,14,16-17,25H,3-5,9-11H2,1-2H3,(H2,23,27)(H,24,30)/p+1/t14-,16-,17+,22-/m1/s1. The average molecular weight is 413 g/mol. The molecule has 0 radical (unpaired) electrons. The number of nitrogens with zero attached hydrogens (tertiary/aromatic N) is 1. The molecule has 3 aliphatic heterocycles.